The number of aliphatic hydroxyl groups excluding tert-OH is 2. The Hall–Kier alpha value is -0.200. The third kappa shape index (κ3) is 1.66. The molecule has 0 amide bonds. The fourth-order valence-corrected chi connectivity index (χ4v) is 10.1. The topological polar surface area (TPSA) is 73.2 Å². The van der Waals surface area contributed by atoms with Crippen molar-refractivity contribution in [1.29, 1.82) is 0 Å². The lowest BCUT2D eigenvalue weighted by atomic mass is 9.43. The van der Waals surface area contributed by atoms with Gasteiger partial charge in [-0.15, -0.1) is 0 Å². The minimum Gasteiger partial charge on any atom is -0.392 e. The van der Waals surface area contributed by atoms with Crippen LogP contribution < -0.4 is 0 Å². The van der Waals surface area contributed by atoms with E-state index in [1.165, 1.54) is 0 Å². The first-order chi connectivity index (χ1) is 12.8. The molecule has 1 spiro atoms. The number of fused-ring (bicyclic) bond motifs is 2. The predicted molar refractivity (Wildman–Crippen MR) is 99.9 cm³/mol. The molecular weight excluding hydrogens is 342 g/mol. The fourth-order valence-electron chi connectivity index (χ4n) is 10.1. The third-order valence-electron chi connectivity index (χ3n) is 10.7. The Kier molecular flexibility index (Phi) is 3.33. The van der Waals surface area contributed by atoms with Crippen LogP contribution in [0.15, 0.2) is 0 Å². The molecule has 1 heterocycles. The lowest BCUT2D eigenvalue weighted by Gasteiger charge is -2.68. The van der Waals surface area contributed by atoms with Crippen LogP contribution in [0.25, 0.3) is 0 Å². The van der Waals surface area contributed by atoms with Gasteiger partial charge in [0.25, 0.3) is 0 Å². The highest BCUT2D eigenvalue weighted by Gasteiger charge is 2.82. The number of aliphatic hydroxyl groups is 3. The van der Waals surface area contributed by atoms with Gasteiger partial charge in [-0.2, -0.15) is 0 Å². The van der Waals surface area contributed by atoms with E-state index in [4.69, 9.17) is 4.74 Å². The second-order valence-electron chi connectivity index (χ2n) is 11.1. The quantitative estimate of drug-likeness (QED) is 0.676. The molecule has 5 heteroatoms. The Morgan fingerprint density at radius 2 is 1.96 bits per heavy atom. The normalized spacial score (nSPS) is 66.2. The maximum absolute atomic E-state index is 12.1. The molecule has 1 saturated heterocycles. The number of nitrogens with zero attached hydrogens (tertiary/aromatic N) is 1. The third-order valence-corrected chi connectivity index (χ3v) is 10.7. The van der Waals surface area contributed by atoms with Crippen LogP contribution in [0.4, 0.5) is 0 Å². The second-order valence-corrected chi connectivity index (χ2v) is 11.1. The molecule has 0 radical (unpaired) electrons. The van der Waals surface area contributed by atoms with E-state index in [2.05, 4.69) is 18.7 Å². The highest BCUT2D eigenvalue weighted by Crippen LogP contribution is 2.78. The summed E-state index contributed by atoms with van der Waals surface area (Å²) in [5, 5.41) is 34.9. The van der Waals surface area contributed by atoms with E-state index in [-0.39, 0.29) is 52.8 Å². The van der Waals surface area contributed by atoms with E-state index in [1.807, 2.05) is 0 Å². The number of hydrogen-bond acceptors (Lipinski definition) is 5. The maximum Gasteiger partial charge on any atom is 0.0771 e. The summed E-state index contributed by atoms with van der Waals surface area (Å²) >= 11 is 0. The summed E-state index contributed by atoms with van der Waals surface area (Å²) in [6.07, 6.45) is 3.66. The van der Waals surface area contributed by atoms with Crippen LogP contribution in [-0.4, -0.2) is 70.4 Å². The van der Waals surface area contributed by atoms with Crippen molar-refractivity contribution in [2.24, 2.45) is 40.4 Å². The van der Waals surface area contributed by atoms with Gasteiger partial charge in [-0.25, -0.2) is 0 Å². The summed E-state index contributed by atoms with van der Waals surface area (Å²) < 4.78 is 5.79. The van der Waals surface area contributed by atoms with Crippen LogP contribution in [0.3, 0.4) is 0 Å². The van der Waals surface area contributed by atoms with E-state index < -0.39 is 11.7 Å². The van der Waals surface area contributed by atoms with E-state index in [0.29, 0.717) is 12.3 Å². The number of likely N-dealkylation sites (tertiary alicyclic amines) is 1. The number of methoxy groups -OCH3 is 1. The summed E-state index contributed by atoms with van der Waals surface area (Å²) in [5.41, 5.74) is -0.788. The zero-order valence-electron chi connectivity index (χ0n) is 16.8. The SMILES string of the molecule is CCN1C[C@@]2(C)CC[C@H](O)[C@@]34[C@@H]5C[C@@H]6[C@H](O)[C@@H]5[C@](O)(C[C@H]6OC)[C@@H](C[C@@H]23)[C@@H]14. The average molecular weight is 378 g/mol. The Balaban J connectivity index is 1.59. The van der Waals surface area contributed by atoms with Gasteiger partial charge in [-0.05, 0) is 49.5 Å². The molecule has 3 N–H and O–H groups in total. The monoisotopic (exact) mass is 377 g/mol. The molecule has 5 saturated carbocycles. The first kappa shape index (κ1) is 17.6. The predicted octanol–water partition coefficient (Wildman–Crippen LogP) is 1.25. The van der Waals surface area contributed by atoms with Gasteiger partial charge in [-0.1, -0.05) is 13.8 Å². The Labute approximate surface area is 162 Å². The molecule has 0 aromatic rings. The molecule has 1 aliphatic heterocycles. The molecule has 0 aromatic carbocycles. The highest BCUT2D eigenvalue weighted by atomic mass is 16.5. The molecule has 0 aromatic heterocycles. The van der Waals surface area contributed by atoms with Gasteiger partial charge in [-0.3, -0.25) is 4.90 Å². The van der Waals surface area contributed by atoms with Crippen LogP contribution >= 0.6 is 0 Å². The standard InChI is InChI=1S/C22H35NO4/c1-4-23-10-20(2)6-5-16(24)22-12-7-11-14(27-3)9-21(26,17(12)18(11)25)13(19(22)23)8-15(20)22/h11-19,24-26H,4-10H2,1-3H3/t11-,12+,13-,14+,15-,16-,17+,18-,19+,20+,21-,22+/m0/s1. The second kappa shape index (κ2) is 5.10. The fraction of sp³-hybridized carbons (Fsp3) is 1.00. The smallest absolute Gasteiger partial charge is 0.0771 e. The van der Waals surface area contributed by atoms with E-state index in [1.54, 1.807) is 7.11 Å². The molecule has 6 fully saturated rings. The van der Waals surface area contributed by atoms with Crippen LogP contribution in [0, 0.1) is 40.4 Å². The lowest BCUT2D eigenvalue weighted by molar-refractivity contribution is -0.266. The van der Waals surface area contributed by atoms with Gasteiger partial charge in [0.2, 0.25) is 0 Å². The lowest BCUT2D eigenvalue weighted by Crippen LogP contribution is -2.75. The van der Waals surface area contributed by atoms with E-state index in [0.717, 1.165) is 38.8 Å². The van der Waals surface area contributed by atoms with Gasteiger partial charge < -0.3 is 20.1 Å². The Morgan fingerprint density at radius 3 is 2.67 bits per heavy atom. The molecule has 5 nitrogen and oxygen atoms in total. The molecule has 5 aliphatic carbocycles. The molecule has 152 valence electrons. The number of ether oxygens (including phenoxy) is 1. The van der Waals surface area contributed by atoms with Crippen molar-refractivity contribution in [1.82, 2.24) is 4.90 Å². The molecule has 7 bridgehead atoms. The molecule has 6 rings (SSSR count). The molecule has 6 aliphatic rings. The average Bonchev–Trinajstić information content (AvgIpc) is 3.07. The number of hydrogen-bond donors (Lipinski definition) is 3. The van der Waals surface area contributed by atoms with Crippen LogP contribution in [0.1, 0.15) is 46.0 Å². The van der Waals surface area contributed by atoms with E-state index in [9.17, 15) is 15.3 Å². The summed E-state index contributed by atoms with van der Waals surface area (Å²) in [6, 6.07) is 0.253. The van der Waals surface area contributed by atoms with Gasteiger partial charge in [0.15, 0.2) is 0 Å². The van der Waals surface area contributed by atoms with Crippen molar-refractivity contribution in [3.05, 3.63) is 0 Å². The van der Waals surface area contributed by atoms with Crippen molar-refractivity contribution in [3.63, 3.8) is 0 Å². The highest BCUT2D eigenvalue weighted by molar-refractivity contribution is 5.32. The Bertz CT molecular complexity index is 673. The van der Waals surface area contributed by atoms with E-state index >= 15 is 0 Å². The zero-order chi connectivity index (χ0) is 18.9. The van der Waals surface area contributed by atoms with Crippen molar-refractivity contribution in [2.75, 3.05) is 20.2 Å². The molecule has 27 heavy (non-hydrogen) atoms. The molecule has 12 atom stereocenters. The van der Waals surface area contributed by atoms with Crippen LogP contribution in [0.5, 0.6) is 0 Å². The van der Waals surface area contributed by atoms with Crippen LogP contribution in [0.2, 0.25) is 0 Å². The first-order valence-electron chi connectivity index (χ1n) is 11.2. The van der Waals surface area contributed by atoms with Crippen molar-refractivity contribution < 1.29 is 20.1 Å². The van der Waals surface area contributed by atoms with Gasteiger partial charge in [0.1, 0.15) is 0 Å². The molecular formula is C22H35NO4. The van der Waals surface area contributed by atoms with Crippen LogP contribution in [-0.2, 0) is 4.74 Å². The van der Waals surface area contributed by atoms with Crippen molar-refractivity contribution in [3.8, 4) is 0 Å². The van der Waals surface area contributed by atoms with Crippen molar-refractivity contribution >= 4 is 0 Å². The van der Waals surface area contributed by atoms with Crippen molar-refractivity contribution in [2.45, 2.75) is 75.9 Å². The summed E-state index contributed by atoms with van der Waals surface area (Å²) in [6.45, 7) is 6.74. The Morgan fingerprint density at radius 1 is 1.19 bits per heavy atom. The summed E-state index contributed by atoms with van der Waals surface area (Å²) in [7, 11) is 1.73. The first-order valence-corrected chi connectivity index (χ1v) is 11.2. The van der Waals surface area contributed by atoms with Gasteiger partial charge >= 0.3 is 0 Å². The summed E-state index contributed by atoms with van der Waals surface area (Å²) in [5.74, 6) is 0.840. The number of piperidine rings is 1. The zero-order valence-corrected chi connectivity index (χ0v) is 16.8. The summed E-state index contributed by atoms with van der Waals surface area (Å²) in [4.78, 5) is 2.60. The van der Waals surface area contributed by atoms with Gasteiger partial charge in [0, 0.05) is 49.3 Å². The molecule has 0 unspecified atom stereocenters. The maximum atomic E-state index is 12.1. The van der Waals surface area contributed by atoms with Gasteiger partial charge in [0.05, 0.1) is 23.9 Å². The number of rotatable bonds is 2. The minimum absolute atomic E-state index is 0.0657. The minimum atomic E-state index is -0.858. The largest absolute Gasteiger partial charge is 0.392 e.